The van der Waals surface area contributed by atoms with Gasteiger partial charge in [0.05, 0.1) is 19.3 Å². The lowest BCUT2D eigenvalue weighted by atomic mass is 10.1. The number of hydrogen-bond donors (Lipinski definition) is 3. The highest BCUT2D eigenvalue weighted by Gasteiger charge is 2.26. The number of ether oxygens (including phenoxy) is 1. The van der Waals surface area contributed by atoms with Crippen LogP contribution in [0.2, 0.25) is 0 Å². The minimum atomic E-state index is -1.16. The Morgan fingerprint density at radius 1 is 1.35 bits per heavy atom. The first-order valence-corrected chi connectivity index (χ1v) is 6.19. The van der Waals surface area contributed by atoms with E-state index in [9.17, 15) is 9.59 Å². The maximum Gasteiger partial charge on any atom is 0.323 e. The smallest absolute Gasteiger partial charge is 0.323 e. The summed E-state index contributed by atoms with van der Waals surface area (Å²) in [5.41, 5.74) is 0.390. The quantitative estimate of drug-likeness (QED) is 0.733. The van der Waals surface area contributed by atoms with Crippen LogP contribution in [0.3, 0.4) is 0 Å². The minimum Gasteiger partial charge on any atom is -0.495 e. The van der Waals surface area contributed by atoms with E-state index in [0.717, 1.165) is 5.56 Å². The monoisotopic (exact) mass is 280 g/mol. The zero-order valence-corrected chi connectivity index (χ0v) is 12.1. The van der Waals surface area contributed by atoms with Crippen molar-refractivity contribution in [3.63, 3.8) is 0 Å². The van der Waals surface area contributed by atoms with Gasteiger partial charge >= 0.3 is 5.97 Å². The largest absolute Gasteiger partial charge is 0.495 e. The number of nitrogens with one attached hydrogen (secondary N) is 2. The molecule has 1 amide bonds. The fraction of sp³-hybridized carbons (Fsp3) is 0.429. The van der Waals surface area contributed by atoms with Gasteiger partial charge in [-0.1, -0.05) is 6.07 Å². The number of amides is 1. The lowest BCUT2D eigenvalue weighted by molar-refractivity contribution is -0.143. The first-order valence-electron chi connectivity index (χ1n) is 6.19. The van der Waals surface area contributed by atoms with Gasteiger partial charge in [-0.25, -0.2) is 0 Å². The van der Waals surface area contributed by atoms with E-state index in [0.29, 0.717) is 11.4 Å². The molecule has 20 heavy (non-hydrogen) atoms. The number of carboxylic acid groups (broad SMARTS) is 1. The summed E-state index contributed by atoms with van der Waals surface area (Å²) in [6.07, 6.45) is 0. The van der Waals surface area contributed by atoms with Gasteiger partial charge in [0.1, 0.15) is 11.3 Å². The van der Waals surface area contributed by atoms with E-state index in [-0.39, 0.29) is 12.5 Å². The molecule has 6 nitrogen and oxygen atoms in total. The van der Waals surface area contributed by atoms with Crippen molar-refractivity contribution in [1.82, 2.24) is 5.32 Å². The number of carboxylic acids is 1. The van der Waals surface area contributed by atoms with E-state index in [1.54, 1.807) is 12.1 Å². The summed E-state index contributed by atoms with van der Waals surface area (Å²) in [5.74, 6) is -0.789. The molecule has 3 N–H and O–H groups in total. The fourth-order valence-corrected chi connectivity index (χ4v) is 1.49. The van der Waals surface area contributed by atoms with Gasteiger partial charge in [-0.15, -0.1) is 0 Å². The molecule has 0 saturated heterocycles. The number of methoxy groups -OCH3 is 1. The standard InChI is InChI=1S/C14H20N2O4/c1-9-5-6-11(20-4)10(7-9)16-12(17)8-15-14(2,3)13(18)19/h5-7,15H,8H2,1-4H3,(H,16,17)(H,18,19). The van der Waals surface area contributed by atoms with Crippen molar-refractivity contribution in [2.24, 2.45) is 0 Å². The SMILES string of the molecule is COc1ccc(C)cc1NC(=O)CNC(C)(C)C(=O)O. The number of aryl methyl sites for hydroxylation is 1. The highest BCUT2D eigenvalue weighted by Crippen LogP contribution is 2.24. The van der Waals surface area contributed by atoms with E-state index < -0.39 is 11.5 Å². The van der Waals surface area contributed by atoms with Crippen LogP contribution in [0.1, 0.15) is 19.4 Å². The number of carbonyl (C=O) groups excluding carboxylic acids is 1. The Labute approximate surface area is 118 Å². The van der Waals surface area contributed by atoms with Gasteiger partial charge in [0.15, 0.2) is 0 Å². The average Bonchev–Trinajstić information content (AvgIpc) is 2.36. The molecule has 0 bridgehead atoms. The maximum atomic E-state index is 11.8. The lowest BCUT2D eigenvalue weighted by Crippen LogP contribution is -2.49. The summed E-state index contributed by atoms with van der Waals surface area (Å²) in [4.78, 5) is 22.8. The summed E-state index contributed by atoms with van der Waals surface area (Å²) in [6, 6.07) is 5.43. The zero-order chi connectivity index (χ0) is 15.3. The molecular weight excluding hydrogens is 260 g/mol. The fourth-order valence-electron chi connectivity index (χ4n) is 1.49. The first kappa shape index (κ1) is 16.0. The highest BCUT2D eigenvalue weighted by atomic mass is 16.5. The Kier molecular flexibility index (Phi) is 5.10. The van der Waals surface area contributed by atoms with Crippen molar-refractivity contribution in [2.45, 2.75) is 26.3 Å². The van der Waals surface area contributed by atoms with Crippen molar-refractivity contribution in [2.75, 3.05) is 19.0 Å². The van der Waals surface area contributed by atoms with Crippen molar-refractivity contribution < 1.29 is 19.4 Å². The van der Waals surface area contributed by atoms with Gasteiger partial charge in [0.2, 0.25) is 5.91 Å². The first-order chi connectivity index (χ1) is 9.26. The molecule has 0 atom stereocenters. The predicted molar refractivity (Wildman–Crippen MR) is 76.1 cm³/mol. The van der Waals surface area contributed by atoms with E-state index in [1.807, 2.05) is 13.0 Å². The molecule has 1 aromatic carbocycles. The van der Waals surface area contributed by atoms with Gasteiger partial charge in [-0.2, -0.15) is 0 Å². The molecule has 0 fully saturated rings. The molecular formula is C14H20N2O4. The van der Waals surface area contributed by atoms with Crippen molar-refractivity contribution in [3.8, 4) is 5.75 Å². The van der Waals surface area contributed by atoms with Crippen molar-refractivity contribution >= 4 is 17.6 Å². The third kappa shape index (κ3) is 4.24. The number of hydrogen-bond acceptors (Lipinski definition) is 4. The Morgan fingerprint density at radius 2 is 2.00 bits per heavy atom. The van der Waals surface area contributed by atoms with Gasteiger partial charge in [-0.3, -0.25) is 14.9 Å². The van der Waals surface area contributed by atoms with Gasteiger partial charge in [0.25, 0.3) is 0 Å². The molecule has 1 rings (SSSR count). The van der Waals surface area contributed by atoms with Gasteiger partial charge in [-0.05, 0) is 38.5 Å². The van der Waals surface area contributed by atoms with Crippen molar-refractivity contribution in [1.29, 1.82) is 0 Å². The predicted octanol–water partition coefficient (Wildman–Crippen LogP) is 1.39. The molecule has 0 aliphatic heterocycles. The van der Waals surface area contributed by atoms with E-state index in [1.165, 1.54) is 21.0 Å². The van der Waals surface area contributed by atoms with Crippen LogP contribution in [0, 0.1) is 6.92 Å². The summed E-state index contributed by atoms with van der Waals surface area (Å²) in [6.45, 7) is 4.79. The van der Waals surface area contributed by atoms with Crippen LogP contribution in [0.15, 0.2) is 18.2 Å². The van der Waals surface area contributed by atoms with Gasteiger partial charge < -0.3 is 15.2 Å². The summed E-state index contributed by atoms with van der Waals surface area (Å²) >= 11 is 0. The molecule has 0 aliphatic rings. The summed E-state index contributed by atoms with van der Waals surface area (Å²) in [7, 11) is 1.52. The Morgan fingerprint density at radius 3 is 2.55 bits per heavy atom. The average molecular weight is 280 g/mol. The number of rotatable bonds is 6. The molecule has 0 unspecified atom stereocenters. The minimum absolute atomic E-state index is 0.101. The summed E-state index contributed by atoms with van der Waals surface area (Å²) < 4.78 is 5.16. The Hall–Kier alpha value is -2.08. The second kappa shape index (κ2) is 6.38. The third-order valence-electron chi connectivity index (χ3n) is 2.85. The van der Waals surface area contributed by atoms with Crippen LogP contribution in [0.5, 0.6) is 5.75 Å². The van der Waals surface area contributed by atoms with Crippen LogP contribution >= 0.6 is 0 Å². The second-order valence-electron chi connectivity index (χ2n) is 5.04. The second-order valence-corrected chi connectivity index (χ2v) is 5.04. The third-order valence-corrected chi connectivity index (χ3v) is 2.85. The van der Waals surface area contributed by atoms with Crippen LogP contribution < -0.4 is 15.4 Å². The molecule has 0 aromatic heterocycles. The van der Waals surface area contributed by atoms with Crippen molar-refractivity contribution in [3.05, 3.63) is 23.8 Å². The van der Waals surface area contributed by atoms with Crippen LogP contribution in [0.25, 0.3) is 0 Å². The molecule has 6 heteroatoms. The highest BCUT2D eigenvalue weighted by molar-refractivity contribution is 5.94. The molecule has 0 heterocycles. The number of anilines is 1. The van der Waals surface area contributed by atoms with Crippen LogP contribution in [0.4, 0.5) is 5.69 Å². The topological polar surface area (TPSA) is 87.7 Å². The number of aliphatic carboxylic acids is 1. The maximum absolute atomic E-state index is 11.8. The van der Waals surface area contributed by atoms with Crippen LogP contribution in [-0.4, -0.2) is 36.2 Å². The molecule has 0 radical (unpaired) electrons. The normalized spacial score (nSPS) is 11.0. The van der Waals surface area contributed by atoms with Crippen LogP contribution in [-0.2, 0) is 9.59 Å². The molecule has 1 aromatic rings. The molecule has 110 valence electrons. The zero-order valence-electron chi connectivity index (χ0n) is 12.1. The Balaban J connectivity index is 2.68. The van der Waals surface area contributed by atoms with E-state index >= 15 is 0 Å². The molecule has 0 spiro atoms. The lowest BCUT2D eigenvalue weighted by Gasteiger charge is -2.20. The van der Waals surface area contributed by atoms with E-state index in [2.05, 4.69) is 10.6 Å². The summed E-state index contributed by atoms with van der Waals surface area (Å²) in [5, 5.41) is 14.3. The number of benzene rings is 1. The molecule has 0 aliphatic carbocycles. The Bertz CT molecular complexity index is 512. The van der Waals surface area contributed by atoms with Gasteiger partial charge in [0, 0.05) is 0 Å². The molecule has 0 saturated carbocycles. The number of carbonyl (C=O) groups is 2. The van der Waals surface area contributed by atoms with E-state index in [4.69, 9.17) is 9.84 Å².